The molecular formula is C14H15ClN4O3. The van der Waals surface area contributed by atoms with Crippen molar-refractivity contribution in [2.45, 2.75) is 26.4 Å². The summed E-state index contributed by atoms with van der Waals surface area (Å²) >= 11 is 5.76. The number of benzene rings is 1. The van der Waals surface area contributed by atoms with E-state index in [-0.39, 0.29) is 18.4 Å². The maximum Gasteiger partial charge on any atom is 0.251 e. The summed E-state index contributed by atoms with van der Waals surface area (Å²) in [5.74, 6) is 0.106. The second kappa shape index (κ2) is 7.04. The molecule has 0 bridgehead atoms. The standard InChI is InChI=1S/C14H15ClN4O3/c1-8(13(20)16-7-12-18-9(2)22-19-12)17-14(21)10-3-5-11(15)6-4-10/h3-6,8H,7H2,1-2H3,(H,16,20)(H,17,21)/t8-/m1/s1. The molecule has 0 unspecified atom stereocenters. The van der Waals surface area contributed by atoms with E-state index in [4.69, 9.17) is 16.1 Å². The van der Waals surface area contributed by atoms with Gasteiger partial charge in [-0.05, 0) is 31.2 Å². The van der Waals surface area contributed by atoms with E-state index in [0.717, 1.165) is 0 Å². The molecule has 2 aromatic rings. The van der Waals surface area contributed by atoms with Gasteiger partial charge in [0.25, 0.3) is 5.91 Å². The van der Waals surface area contributed by atoms with Crippen molar-refractivity contribution in [3.63, 3.8) is 0 Å². The van der Waals surface area contributed by atoms with Gasteiger partial charge in [-0.3, -0.25) is 9.59 Å². The van der Waals surface area contributed by atoms with Crippen molar-refractivity contribution in [1.82, 2.24) is 20.8 Å². The fourth-order valence-corrected chi connectivity index (χ4v) is 1.81. The number of aryl methyl sites for hydroxylation is 1. The summed E-state index contributed by atoms with van der Waals surface area (Å²) in [6, 6.07) is 5.70. The molecule has 2 N–H and O–H groups in total. The lowest BCUT2D eigenvalue weighted by Gasteiger charge is -2.13. The number of halogens is 1. The van der Waals surface area contributed by atoms with Gasteiger partial charge in [-0.25, -0.2) is 0 Å². The van der Waals surface area contributed by atoms with Gasteiger partial charge in [0.2, 0.25) is 11.8 Å². The van der Waals surface area contributed by atoms with E-state index in [0.29, 0.717) is 22.3 Å². The Bertz CT molecular complexity index is 669. The highest BCUT2D eigenvalue weighted by Crippen LogP contribution is 2.09. The number of rotatable bonds is 5. The number of amides is 2. The maximum atomic E-state index is 12.0. The Morgan fingerprint density at radius 2 is 2.00 bits per heavy atom. The summed E-state index contributed by atoms with van der Waals surface area (Å²) in [6.45, 7) is 3.38. The lowest BCUT2D eigenvalue weighted by Crippen LogP contribution is -2.44. The topological polar surface area (TPSA) is 97.1 Å². The van der Waals surface area contributed by atoms with Crippen LogP contribution in [0.1, 0.15) is 29.0 Å². The average molecular weight is 323 g/mol. The predicted octanol–water partition coefficient (Wildman–Crippen LogP) is 1.47. The van der Waals surface area contributed by atoms with Crippen LogP contribution < -0.4 is 10.6 Å². The molecule has 2 amide bonds. The van der Waals surface area contributed by atoms with Crippen LogP contribution in [0.5, 0.6) is 0 Å². The average Bonchev–Trinajstić information content (AvgIpc) is 2.91. The highest BCUT2D eigenvalue weighted by atomic mass is 35.5. The van der Waals surface area contributed by atoms with Crippen molar-refractivity contribution in [2.75, 3.05) is 0 Å². The smallest absolute Gasteiger partial charge is 0.251 e. The lowest BCUT2D eigenvalue weighted by atomic mass is 10.2. The Morgan fingerprint density at radius 1 is 1.32 bits per heavy atom. The van der Waals surface area contributed by atoms with Crippen LogP contribution >= 0.6 is 11.6 Å². The Labute approximate surface area is 132 Å². The normalized spacial score (nSPS) is 11.8. The fourth-order valence-electron chi connectivity index (χ4n) is 1.68. The summed E-state index contributed by atoms with van der Waals surface area (Å²) in [6.07, 6.45) is 0. The van der Waals surface area contributed by atoms with E-state index < -0.39 is 6.04 Å². The third-order valence-corrected chi connectivity index (χ3v) is 3.09. The molecule has 0 spiro atoms. The fraction of sp³-hybridized carbons (Fsp3) is 0.286. The molecular weight excluding hydrogens is 308 g/mol. The van der Waals surface area contributed by atoms with Crippen LogP contribution in [0.4, 0.5) is 0 Å². The van der Waals surface area contributed by atoms with Crippen molar-refractivity contribution in [3.8, 4) is 0 Å². The molecule has 7 nitrogen and oxygen atoms in total. The monoisotopic (exact) mass is 322 g/mol. The van der Waals surface area contributed by atoms with Gasteiger partial charge in [0.1, 0.15) is 6.04 Å². The quantitative estimate of drug-likeness (QED) is 0.868. The van der Waals surface area contributed by atoms with Crippen molar-refractivity contribution in [2.24, 2.45) is 0 Å². The van der Waals surface area contributed by atoms with Crippen molar-refractivity contribution in [3.05, 3.63) is 46.6 Å². The minimum Gasteiger partial charge on any atom is -0.347 e. The zero-order valence-electron chi connectivity index (χ0n) is 12.1. The molecule has 22 heavy (non-hydrogen) atoms. The molecule has 1 aromatic carbocycles. The zero-order chi connectivity index (χ0) is 16.1. The number of carbonyl (C=O) groups is 2. The number of nitrogens with zero attached hydrogens (tertiary/aromatic N) is 2. The first-order chi connectivity index (χ1) is 10.5. The van der Waals surface area contributed by atoms with Crippen LogP contribution in [-0.4, -0.2) is 28.0 Å². The summed E-state index contributed by atoms with van der Waals surface area (Å²) in [5.41, 5.74) is 0.429. The molecule has 0 fully saturated rings. The predicted molar refractivity (Wildman–Crippen MR) is 79.3 cm³/mol. The summed E-state index contributed by atoms with van der Waals surface area (Å²) in [7, 11) is 0. The molecule has 0 radical (unpaired) electrons. The zero-order valence-corrected chi connectivity index (χ0v) is 12.8. The van der Waals surface area contributed by atoms with Gasteiger partial charge >= 0.3 is 0 Å². The number of hydrogen-bond donors (Lipinski definition) is 2. The Kier molecular flexibility index (Phi) is 5.11. The molecule has 116 valence electrons. The largest absolute Gasteiger partial charge is 0.347 e. The molecule has 0 aliphatic heterocycles. The number of hydrogen-bond acceptors (Lipinski definition) is 5. The molecule has 1 heterocycles. The van der Waals surface area contributed by atoms with Gasteiger partial charge in [-0.2, -0.15) is 4.98 Å². The third-order valence-electron chi connectivity index (χ3n) is 2.84. The van der Waals surface area contributed by atoms with Crippen LogP contribution in [0.15, 0.2) is 28.8 Å². The number of carbonyl (C=O) groups excluding carboxylic acids is 2. The lowest BCUT2D eigenvalue weighted by molar-refractivity contribution is -0.122. The summed E-state index contributed by atoms with van der Waals surface area (Å²) in [4.78, 5) is 27.9. The first-order valence-corrected chi connectivity index (χ1v) is 6.97. The van der Waals surface area contributed by atoms with E-state index in [1.54, 1.807) is 38.1 Å². The van der Waals surface area contributed by atoms with E-state index in [1.807, 2.05) is 0 Å². The Morgan fingerprint density at radius 3 is 2.59 bits per heavy atom. The van der Waals surface area contributed by atoms with Crippen LogP contribution in [0.2, 0.25) is 5.02 Å². The number of aromatic nitrogens is 2. The molecule has 0 saturated heterocycles. The number of nitrogens with one attached hydrogen (secondary N) is 2. The molecule has 0 aliphatic carbocycles. The van der Waals surface area contributed by atoms with Crippen LogP contribution in [0, 0.1) is 6.92 Å². The molecule has 0 saturated carbocycles. The third kappa shape index (κ3) is 4.29. The minimum atomic E-state index is -0.698. The van der Waals surface area contributed by atoms with Crippen molar-refractivity contribution in [1.29, 1.82) is 0 Å². The maximum absolute atomic E-state index is 12.0. The molecule has 8 heteroatoms. The highest BCUT2D eigenvalue weighted by molar-refractivity contribution is 6.30. The van der Waals surface area contributed by atoms with Gasteiger partial charge in [0, 0.05) is 17.5 Å². The van der Waals surface area contributed by atoms with E-state index in [1.165, 1.54) is 0 Å². The first-order valence-electron chi connectivity index (χ1n) is 6.59. The SMILES string of the molecule is Cc1nc(CNC(=O)[C@@H](C)NC(=O)c2ccc(Cl)cc2)no1. The summed E-state index contributed by atoms with van der Waals surface area (Å²) < 4.78 is 4.80. The summed E-state index contributed by atoms with van der Waals surface area (Å²) in [5, 5.41) is 9.42. The first kappa shape index (κ1) is 16.0. The van der Waals surface area contributed by atoms with Gasteiger partial charge in [0.15, 0.2) is 5.82 Å². The van der Waals surface area contributed by atoms with Crippen molar-refractivity contribution < 1.29 is 14.1 Å². The van der Waals surface area contributed by atoms with Crippen LogP contribution in [-0.2, 0) is 11.3 Å². The molecule has 0 aliphatic rings. The molecule has 2 rings (SSSR count). The van der Waals surface area contributed by atoms with Crippen LogP contribution in [0.25, 0.3) is 0 Å². The second-order valence-corrected chi connectivity index (χ2v) is 5.09. The van der Waals surface area contributed by atoms with E-state index in [2.05, 4.69) is 20.8 Å². The highest BCUT2D eigenvalue weighted by Gasteiger charge is 2.17. The Balaban J connectivity index is 1.85. The van der Waals surface area contributed by atoms with Gasteiger partial charge in [0.05, 0.1) is 6.54 Å². The molecule has 1 aromatic heterocycles. The van der Waals surface area contributed by atoms with Crippen molar-refractivity contribution >= 4 is 23.4 Å². The van der Waals surface area contributed by atoms with Gasteiger partial charge in [-0.15, -0.1) is 0 Å². The van der Waals surface area contributed by atoms with Crippen LogP contribution in [0.3, 0.4) is 0 Å². The van der Waals surface area contributed by atoms with Gasteiger partial charge < -0.3 is 15.2 Å². The van der Waals surface area contributed by atoms with E-state index in [9.17, 15) is 9.59 Å². The Hall–Kier alpha value is -2.41. The van der Waals surface area contributed by atoms with E-state index >= 15 is 0 Å². The van der Waals surface area contributed by atoms with Gasteiger partial charge in [-0.1, -0.05) is 16.8 Å². The molecule has 1 atom stereocenters. The minimum absolute atomic E-state index is 0.136. The second-order valence-electron chi connectivity index (χ2n) is 4.65.